The van der Waals surface area contributed by atoms with Gasteiger partial charge in [-0.1, -0.05) is 35.8 Å². The van der Waals surface area contributed by atoms with Crippen molar-refractivity contribution in [2.75, 3.05) is 12.3 Å². The van der Waals surface area contributed by atoms with E-state index in [0.717, 1.165) is 66.9 Å². The lowest BCUT2D eigenvalue weighted by Crippen LogP contribution is -2.32. The Kier molecular flexibility index (Phi) is 8.33. The van der Waals surface area contributed by atoms with Crippen LogP contribution in [0.5, 0.6) is 0 Å². The van der Waals surface area contributed by atoms with Crippen LogP contribution in [0.1, 0.15) is 70.7 Å². The highest BCUT2D eigenvalue weighted by Gasteiger charge is 2.24. The normalized spacial score (nSPS) is 14.3. The number of amides is 1. The number of hydrogen-bond acceptors (Lipinski definition) is 8. The Balaban J connectivity index is 1.21. The van der Waals surface area contributed by atoms with Gasteiger partial charge < -0.3 is 16.8 Å². The van der Waals surface area contributed by atoms with E-state index in [-0.39, 0.29) is 16.9 Å². The Morgan fingerprint density at radius 1 is 1.04 bits per heavy atom. The van der Waals surface area contributed by atoms with E-state index in [4.69, 9.17) is 11.5 Å². The third-order valence-electron chi connectivity index (χ3n) is 9.40. The zero-order valence-corrected chi connectivity index (χ0v) is 28.4. The van der Waals surface area contributed by atoms with E-state index >= 15 is 0 Å². The predicted octanol–water partition coefficient (Wildman–Crippen LogP) is 4.08. The highest BCUT2D eigenvalue weighted by atomic mass is 16.2. The minimum absolute atomic E-state index is 0.0518. The molecule has 0 saturated heterocycles. The summed E-state index contributed by atoms with van der Waals surface area (Å²) in [4.78, 5) is 37.2. The molecule has 0 spiro atoms. The average Bonchev–Trinajstić information content (AvgIpc) is 3.97. The summed E-state index contributed by atoms with van der Waals surface area (Å²) in [6.07, 6.45) is 10.4. The third kappa shape index (κ3) is 5.86. The smallest absolute Gasteiger partial charge is 0.264 e. The second kappa shape index (κ2) is 13.4. The van der Waals surface area contributed by atoms with E-state index in [9.17, 15) is 9.59 Å². The van der Waals surface area contributed by atoms with Crippen molar-refractivity contribution in [3.05, 3.63) is 129 Å². The first-order valence-electron chi connectivity index (χ1n) is 17.1. The molecule has 4 aromatic heterocycles. The number of nitrogen functional groups attached to an aromatic ring is 1. The van der Waals surface area contributed by atoms with Gasteiger partial charge in [-0.25, -0.2) is 9.50 Å². The Morgan fingerprint density at radius 3 is 2.69 bits per heavy atom. The lowest BCUT2D eigenvalue weighted by atomic mass is 10.0. The number of carbonyl (C=O) groups excluding carboxylic acids is 1. The first-order valence-corrected chi connectivity index (χ1v) is 17.1. The van der Waals surface area contributed by atoms with E-state index in [2.05, 4.69) is 49.2 Å². The van der Waals surface area contributed by atoms with Crippen molar-refractivity contribution in [3.63, 3.8) is 0 Å². The standard InChI is InChI=1S/C40H34N10O2/c1-25(46-39(51)36-37(42)47-49-21-5-19-44-38(36)49)34-22-28-7-2-6-27(14-15-30-24-45-48-20-4-9-33(30)48)35(28)40(52)50(34)31-16-11-26(12-17-31)10-13-29(23-41)32-8-3-18-43-32/h2,5-7,11-12,16-17,19,21-25H,3-4,8-9,18,20,41H2,1H3,(H2,42,47)(H,46,51)/b29-23-. The van der Waals surface area contributed by atoms with Crippen molar-refractivity contribution < 1.29 is 4.79 Å². The number of nitrogens with two attached hydrogens (primary N) is 2. The van der Waals surface area contributed by atoms with Crippen LogP contribution in [0.2, 0.25) is 0 Å². The molecule has 0 bridgehead atoms. The van der Waals surface area contributed by atoms with E-state index in [1.165, 1.54) is 10.7 Å². The number of carbonyl (C=O) groups is 1. The SMILES string of the molecule is CC(NC(=O)c1c(N)nn2cccnc12)c1cc2cccc(C#Cc3cnn4c3CCC4)c2c(=O)n1-c1ccc(C#C/C(=C/N)C2=NCCC2)cc1. The van der Waals surface area contributed by atoms with Gasteiger partial charge in [0.05, 0.1) is 40.2 Å². The molecule has 0 radical (unpaired) electrons. The van der Waals surface area contributed by atoms with Gasteiger partial charge in [-0.3, -0.25) is 23.8 Å². The molecule has 0 fully saturated rings. The molecular formula is C40H34N10O2. The molecule has 12 nitrogen and oxygen atoms in total. The first kappa shape index (κ1) is 32.3. The summed E-state index contributed by atoms with van der Waals surface area (Å²) in [5.74, 6) is 12.5. The molecule has 1 unspecified atom stereocenters. The average molecular weight is 687 g/mol. The Morgan fingerprint density at radius 2 is 1.88 bits per heavy atom. The topological polar surface area (TPSA) is 164 Å². The zero-order chi connectivity index (χ0) is 35.8. The number of fused-ring (bicyclic) bond motifs is 3. The number of nitrogens with one attached hydrogen (secondary N) is 1. The number of pyridine rings is 1. The number of nitrogens with zero attached hydrogens (tertiary/aromatic N) is 7. The molecule has 52 heavy (non-hydrogen) atoms. The lowest BCUT2D eigenvalue weighted by Gasteiger charge is -2.21. The monoisotopic (exact) mass is 686 g/mol. The maximum absolute atomic E-state index is 14.7. The van der Waals surface area contributed by atoms with Crippen LogP contribution in [0.3, 0.4) is 0 Å². The fraction of sp³-hybridized carbons (Fsp3) is 0.200. The van der Waals surface area contributed by atoms with Crippen LogP contribution in [0.15, 0.2) is 94.7 Å². The van der Waals surface area contributed by atoms with Gasteiger partial charge in [0.25, 0.3) is 11.5 Å². The molecule has 6 aromatic rings. The molecule has 2 aromatic carbocycles. The maximum Gasteiger partial charge on any atom is 0.264 e. The first-order chi connectivity index (χ1) is 25.4. The number of aryl methyl sites for hydroxylation is 1. The van der Waals surface area contributed by atoms with E-state index in [1.807, 2.05) is 60.1 Å². The summed E-state index contributed by atoms with van der Waals surface area (Å²) < 4.78 is 5.06. The van der Waals surface area contributed by atoms with Gasteiger partial charge in [0.2, 0.25) is 0 Å². The Labute approximate surface area is 298 Å². The summed E-state index contributed by atoms with van der Waals surface area (Å²) in [6, 6.07) is 16.0. The van der Waals surface area contributed by atoms with Crippen molar-refractivity contribution in [1.82, 2.24) is 34.3 Å². The Hall–Kier alpha value is -6.92. The molecular weight excluding hydrogens is 653 g/mol. The number of benzene rings is 2. The van der Waals surface area contributed by atoms with Gasteiger partial charge in [-0.2, -0.15) is 5.10 Å². The van der Waals surface area contributed by atoms with Gasteiger partial charge in [0.1, 0.15) is 5.56 Å². The molecule has 2 aliphatic rings. The summed E-state index contributed by atoms with van der Waals surface area (Å²) in [5, 5.41) is 12.9. The van der Waals surface area contributed by atoms with E-state index < -0.39 is 11.9 Å². The van der Waals surface area contributed by atoms with Crippen molar-refractivity contribution in [1.29, 1.82) is 0 Å². The molecule has 5 N–H and O–H groups in total. The minimum Gasteiger partial charge on any atom is -0.404 e. The highest BCUT2D eigenvalue weighted by Crippen LogP contribution is 2.25. The van der Waals surface area contributed by atoms with Crippen molar-refractivity contribution >= 4 is 33.9 Å². The van der Waals surface area contributed by atoms with Crippen LogP contribution < -0.4 is 22.3 Å². The lowest BCUT2D eigenvalue weighted by molar-refractivity contribution is 0.0941. The fourth-order valence-corrected chi connectivity index (χ4v) is 6.84. The molecule has 0 saturated carbocycles. The van der Waals surface area contributed by atoms with Crippen LogP contribution in [0.25, 0.3) is 22.1 Å². The van der Waals surface area contributed by atoms with Gasteiger partial charge >= 0.3 is 0 Å². The van der Waals surface area contributed by atoms with Crippen LogP contribution in [-0.4, -0.2) is 47.1 Å². The summed E-state index contributed by atoms with van der Waals surface area (Å²) >= 11 is 0. The minimum atomic E-state index is -0.642. The van der Waals surface area contributed by atoms with E-state index in [1.54, 1.807) is 29.2 Å². The number of aromatic nitrogens is 6. The van der Waals surface area contributed by atoms with Crippen molar-refractivity contribution in [2.24, 2.45) is 10.7 Å². The quantitative estimate of drug-likeness (QED) is 0.230. The molecule has 6 heterocycles. The second-order valence-corrected chi connectivity index (χ2v) is 12.7. The summed E-state index contributed by atoms with van der Waals surface area (Å²) in [6.45, 7) is 3.49. The molecule has 12 heteroatoms. The molecule has 0 aliphatic carbocycles. The van der Waals surface area contributed by atoms with Gasteiger partial charge in [-0.05, 0) is 80.5 Å². The number of rotatable bonds is 5. The number of aliphatic imine (C=N–C) groups is 1. The van der Waals surface area contributed by atoms with Crippen molar-refractivity contribution in [3.8, 4) is 29.4 Å². The van der Waals surface area contributed by atoms with Crippen LogP contribution in [0.4, 0.5) is 5.82 Å². The number of hydrogen-bond donors (Lipinski definition) is 3. The summed E-state index contributed by atoms with van der Waals surface area (Å²) in [7, 11) is 0. The van der Waals surface area contributed by atoms with Crippen LogP contribution in [-0.2, 0) is 13.0 Å². The van der Waals surface area contributed by atoms with Gasteiger partial charge in [0.15, 0.2) is 11.5 Å². The fourth-order valence-electron chi connectivity index (χ4n) is 6.84. The maximum atomic E-state index is 14.7. The zero-order valence-electron chi connectivity index (χ0n) is 28.4. The number of allylic oxidation sites excluding steroid dienone is 1. The predicted molar refractivity (Wildman–Crippen MR) is 200 cm³/mol. The van der Waals surface area contributed by atoms with Crippen molar-refractivity contribution in [2.45, 2.75) is 45.2 Å². The van der Waals surface area contributed by atoms with Gasteiger partial charge in [0, 0.05) is 54.2 Å². The van der Waals surface area contributed by atoms with E-state index in [0.29, 0.717) is 33.4 Å². The van der Waals surface area contributed by atoms with Crippen LogP contribution in [0, 0.1) is 23.7 Å². The molecule has 1 amide bonds. The third-order valence-corrected chi connectivity index (χ3v) is 9.40. The highest BCUT2D eigenvalue weighted by molar-refractivity contribution is 6.05. The molecule has 8 rings (SSSR count). The number of anilines is 1. The molecule has 256 valence electrons. The largest absolute Gasteiger partial charge is 0.404 e. The van der Waals surface area contributed by atoms with Crippen LogP contribution >= 0.6 is 0 Å². The second-order valence-electron chi connectivity index (χ2n) is 12.7. The molecule has 1 atom stereocenters. The van der Waals surface area contributed by atoms with Gasteiger partial charge in [-0.15, -0.1) is 5.10 Å². The summed E-state index contributed by atoms with van der Waals surface area (Å²) in [5.41, 5.74) is 18.4. The molecule has 2 aliphatic heterocycles. The Bertz CT molecular complexity index is 2650.